The summed E-state index contributed by atoms with van der Waals surface area (Å²) in [6, 6.07) is 16.5. The highest BCUT2D eigenvalue weighted by Gasteiger charge is 2.41. The van der Waals surface area contributed by atoms with Crippen molar-refractivity contribution in [1.29, 1.82) is 0 Å². The maximum absolute atomic E-state index is 12.8. The molecule has 0 bridgehead atoms. The first-order chi connectivity index (χ1) is 16.8. The zero-order valence-corrected chi connectivity index (χ0v) is 22.1. The van der Waals surface area contributed by atoms with Crippen LogP contribution in [0, 0.1) is 0 Å². The van der Waals surface area contributed by atoms with Crippen molar-refractivity contribution < 1.29 is 23.9 Å². The van der Waals surface area contributed by atoms with Crippen molar-refractivity contribution in [2.24, 2.45) is 0 Å². The molecule has 4 rings (SSSR count). The third-order valence-corrected chi connectivity index (χ3v) is 7.16. The van der Waals surface area contributed by atoms with Gasteiger partial charge in [0.1, 0.15) is 12.6 Å². The summed E-state index contributed by atoms with van der Waals surface area (Å²) in [5.41, 5.74) is 1.63. The fourth-order valence-electron chi connectivity index (χ4n) is 3.70. The summed E-state index contributed by atoms with van der Waals surface area (Å²) < 4.78 is 11.6. The molecular formula is C26H21BrClNO5S. The van der Waals surface area contributed by atoms with Crippen LogP contribution in [0.25, 0.3) is 16.8 Å². The highest BCUT2D eigenvalue weighted by molar-refractivity contribution is 9.10. The molecule has 0 N–H and O–H groups in total. The summed E-state index contributed by atoms with van der Waals surface area (Å²) >= 11 is 10.8. The van der Waals surface area contributed by atoms with Gasteiger partial charge in [-0.2, -0.15) is 0 Å². The first kappa shape index (κ1) is 25.3. The molecule has 1 heterocycles. The average molecular weight is 575 g/mol. The van der Waals surface area contributed by atoms with Crippen LogP contribution in [0.2, 0.25) is 5.02 Å². The summed E-state index contributed by atoms with van der Waals surface area (Å²) in [5.74, 6) is -0.709. The van der Waals surface area contributed by atoms with Gasteiger partial charge in [-0.3, -0.25) is 14.5 Å². The number of thioether (sulfide) groups is 1. The zero-order chi connectivity index (χ0) is 25.1. The van der Waals surface area contributed by atoms with E-state index in [1.807, 2.05) is 42.5 Å². The molecule has 9 heteroatoms. The van der Waals surface area contributed by atoms with Gasteiger partial charge in [0.05, 0.1) is 21.0 Å². The lowest BCUT2D eigenvalue weighted by molar-refractivity contribution is -0.150. The standard InChI is InChI=1S/C26H21BrClNO5S/c1-3-33-25(31)15(2)29-24(30)22(35-26(29)32)13-16-11-20(27)23(21(28)12-16)34-14-18-9-6-8-17-7-4-5-10-19(17)18/h4-13,15H,3,14H2,1-2H3/b22-13+/t15-/m1/s1. The molecule has 3 aromatic carbocycles. The Balaban J connectivity index is 1.53. The summed E-state index contributed by atoms with van der Waals surface area (Å²) in [7, 11) is 0. The van der Waals surface area contributed by atoms with Crippen LogP contribution in [0.1, 0.15) is 25.0 Å². The van der Waals surface area contributed by atoms with E-state index >= 15 is 0 Å². The van der Waals surface area contributed by atoms with Crippen molar-refractivity contribution in [3.63, 3.8) is 0 Å². The minimum absolute atomic E-state index is 0.163. The highest BCUT2D eigenvalue weighted by Crippen LogP contribution is 2.38. The van der Waals surface area contributed by atoms with E-state index in [1.54, 1.807) is 25.1 Å². The van der Waals surface area contributed by atoms with Crippen LogP contribution in [0.15, 0.2) is 64.0 Å². The summed E-state index contributed by atoms with van der Waals surface area (Å²) in [5, 5.41) is 2.05. The predicted octanol–water partition coefficient (Wildman–Crippen LogP) is 6.82. The third kappa shape index (κ3) is 5.39. The van der Waals surface area contributed by atoms with E-state index in [0.29, 0.717) is 27.4 Å². The van der Waals surface area contributed by atoms with Crippen molar-refractivity contribution in [1.82, 2.24) is 4.90 Å². The Morgan fingerprint density at radius 1 is 1.17 bits per heavy atom. The molecule has 1 saturated heterocycles. The number of rotatable bonds is 7. The second kappa shape index (κ2) is 10.8. The summed E-state index contributed by atoms with van der Waals surface area (Å²) in [4.78, 5) is 38.3. The van der Waals surface area contributed by atoms with Crippen molar-refractivity contribution in [3.05, 3.63) is 80.1 Å². The van der Waals surface area contributed by atoms with E-state index in [2.05, 4.69) is 15.9 Å². The van der Waals surface area contributed by atoms with Crippen LogP contribution in [-0.2, 0) is 20.9 Å². The topological polar surface area (TPSA) is 72.9 Å². The smallest absolute Gasteiger partial charge is 0.329 e. The lowest BCUT2D eigenvalue weighted by atomic mass is 10.1. The average Bonchev–Trinajstić information content (AvgIpc) is 3.10. The number of imide groups is 1. The van der Waals surface area contributed by atoms with Crippen LogP contribution < -0.4 is 4.74 Å². The largest absolute Gasteiger partial charge is 0.486 e. The van der Waals surface area contributed by atoms with E-state index in [0.717, 1.165) is 33.0 Å². The number of hydrogen-bond acceptors (Lipinski definition) is 6. The summed E-state index contributed by atoms with van der Waals surface area (Å²) in [6.45, 7) is 3.61. The SMILES string of the molecule is CCOC(=O)[C@@H](C)N1C(=O)S/C(=C/c2cc(Cl)c(OCc3cccc4ccccc34)c(Br)c2)C1=O. The Labute approximate surface area is 220 Å². The van der Waals surface area contributed by atoms with Crippen molar-refractivity contribution in [2.75, 3.05) is 6.61 Å². The normalized spacial score (nSPS) is 15.7. The van der Waals surface area contributed by atoms with Crippen LogP contribution in [-0.4, -0.2) is 34.7 Å². The second-order valence-electron chi connectivity index (χ2n) is 7.72. The van der Waals surface area contributed by atoms with Gasteiger partial charge in [-0.05, 0) is 81.6 Å². The minimum atomic E-state index is -1.01. The first-order valence-corrected chi connectivity index (χ1v) is 12.8. The highest BCUT2D eigenvalue weighted by atomic mass is 79.9. The van der Waals surface area contributed by atoms with Crippen LogP contribution >= 0.6 is 39.3 Å². The predicted molar refractivity (Wildman–Crippen MR) is 141 cm³/mol. The molecule has 1 fully saturated rings. The maximum atomic E-state index is 12.8. The minimum Gasteiger partial charge on any atom is -0.486 e. The number of esters is 1. The lowest BCUT2D eigenvalue weighted by Crippen LogP contribution is -2.42. The van der Waals surface area contributed by atoms with Crippen LogP contribution in [0.3, 0.4) is 0 Å². The molecule has 0 saturated carbocycles. The van der Waals surface area contributed by atoms with Crippen molar-refractivity contribution in [3.8, 4) is 5.75 Å². The van der Waals surface area contributed by atoms with Gasteiger partial charge in [-0.15, -0.1) is 0 Å². The molecule has 35 heavy (non-hydrogen) atoms. The number of fused-ring (bicyclic) bond motifs is 1. The van der Waals surface area contributed by atoms with Crippen molar-refractivity contribution in [2.45, 2.75) is 26.5 Å². The van der Waals surface area contributed by atoms with Gasteiger partial charge in [-0.1, -0.05) is 54.1 Å². The fourth-order valence-corrected chi connectivity index (χ4v) is 5.60. The van der Waals surface area contributed by atoms with E-state index < -0.39 is 23.2 Å². The first-order valence-electron chi connectivity index (χ1n) is 10.8. The van der Waals surface area contributed by atoms with Gasteiger partial charge >= 0.3 is 5.97 Å². The molecule has 2 amide bonds. The molecule has 180 valence electrons. The Morgan fingerprint density at radius 2 is 1.91 bits per heavy atom. The molecule has 1 aliphatic heterocycles. The Bertz CT molecular complexity index is 1330. The number of carbonyl (C=O) groups is 3. The maximum Gasteiger partial charge on any atom is 0.329 e. The van der Waals surface area contributed by atoms with Gasteiger partial charge < -0.3 is 9.47 Å². The number of benzene rings is 3. The Kier molecular flexibility index (Phi) is 7.84. The third-order valence-electron chi connectivity index (χ3n) is 5.41. The zero-order valence-electron chi connectivity index (χ0n) is 18.9. The van der Waals surface area contributed by atoms with E-state index in [4.69, 9.17) is 21.1 Å². The van der Waals surface area contributed by atoms with E-state index in [-0.39, 0.29) is 11.5 Å². The molecular weight excluding hydrogens is 554 g/mol. The molecule has 0 aromatic heterocycles. The van der Waals surface area contributed by atoms with Gasteiger partial charge in [0.2, 0.25) is 0 Å². The summed E-state index contributed by atoms with van der Waals surface area (Å²) in [6.07, 6.45) is 1.56. The molecule has 0 unspecified atom stereocenters. The van der Waals surface area contributed by atoms with Gasteiger partial charge in [0.25, 0.3) is 11.1 Å². The number of nitrogens with zero attached hydrogens (tertiary/aromatic N) is 1. The molecule has 3 aromatic rings. The number of carbonyl (C=O) groups excluding carboxylic acids is 3. The van der Waals surface area contributed by atoms with Crippen molar-refractivity contribution >= 4 is 73.3 Å². The Morgan fingerprint density at radius 3 is 2.66 bits per heavy atom. The van der Waals surface area contributed by atoms with Crippen LogP contribution in [0.4, 0.5) is 4.79 Å². The molecule has 6 nitrogen and oxygen atoms in total. The van der Waals surface area contributed by atoms with Gasteiger partial charge in [0.15, 0.2) is 5.75 Å². The quantitative estimate of drug-likeness (QED) is 0.228. The second-order valence-corrected chi connectivity index (χ2v) is 9.98. The number of hydrogen-bond donors (Lipinski definition) is 0. The van der Waals surface area contributed by atoms with E-state index in [9.17, 15) is 14.4 Å². The lowest BCUT2D eigenvalue weighted by Gasteiger charge is -2.19. The Hall–Kier alpha value is -2.81. The molecule has 1 aliphatic rings. The van der Waals surface area contributed by atoms with Gasteiger partial charge in [0, 0.05) is 0 Å². The molecule has 0 radical (unpaired) electrons. The molecule has 0 aliphatic carbocycles. The van der Waals surface area contributed by atoms with E-state index in [1.165, 1.54) is 6.92 Å². The monoisotopic (exact) mass is 573 g/mol. The number of amides is 2. The molecule has 1 atom stereocenters. The number of ether oxygens (including phenoxy) is 2. The van der Waals surface area contributed by atoms with Gasteiger partial charge in [-0.25, -0.2) is 4.79 Å². The molecule has 0 spiro atoms. The fraction of sp³-hybridized carbons (Fsp3) is 0.192. The number of halogens is 2. The van der Waals surface area contributed by atoms with Crippen LogP contribution in [0.5, 0.6) is 5.75 Å².